The molecule has 0 saturated heterocycles. The Morgan fingerprint density at radius 3 is 2.68 bits per heavy atom. The predicted octanol–water partition coefficient (Wildman–Crippen LogP) is 3.20. The van der Waals surface area contributed by atoms with E-state index in [2.05, 4.69) is 54.4 Å². The molecule has 0 aliphatic heterocycles. The second kappa shape index (κ2) is 9.90. The second-order valence-electron chi connectivity index (χ2n) is 6.51. The molecule has 1 aromatic carbocycles. The zero-order chi connectivity index (χ0) is 19.8. The lowest BCUT2D eigenvalue weighted by atomic mass is 10.1. The van der Waals surface area contributed by atoms with Crippen LogP contribution in [-0.4, -0.2) is 34.1 Å². The van der Waals surface area contributed by atoms with Crippen LogP contribution in [0.1, 0.15) is 22.5 Å². The standard InChI is InChI=1S/C21H25ClN6/c1-16-24-10-11-28(16)15-19-5-3-4-18(12-19)14-27-21(23-2)25-9-8-17-6-7-20(22)26-13-17/h3-7,10-13H,8-9,14-15H2,1-2H3,(H2,23,25,27). The van der Waals surface area contributed by atoms with Crippen molar-refractivity contribution >= 4 is 17.6 Å². The molecule has 0 aliphatic carbocycles. The van der Waals surface area contributed by atoms with Crippen molar-refractivity contribution in [2.45, 2.75) is 26.4 Å². The van der Waals surface area contributed by atoms with E-state index in [-0.39, 0.29) is 0 Å². The van der Waals surface area contributed by atoms with Gasteiger partial charge in [0.2, 0.25) is 0 Å². The predicted molar refractivity (Wildman–Crippen MR) is 114 cm³/mol. The summed E-state index contributed by atoms with van der Waals surface area (Å²) >= 11 is 5.82. The van der Waals surface area contributed by atoms with Gasteiger partial charge in [-0.1, -0.05) is 41.9 Å². The molecule has 146 valence electrons. The fraction of sp³-hybridized carbons (Fsp3) is 0.286. The van der Waals surface area contributed by atoms with Crippen molar-refractivity contribution in [2.24, 2.45) is 4.99 Å². The summed E-state index contributed by atoms with van der Waals surface area (Å²) in [7, 11) is 1.78. The van der Waals surface area contributed by atoms with Crippen LogP contribution in [0.25, 0.3) is 0 Å². The number of rotatable bonds is 7. The maximum Gasteiger partial charge on any atom is 0.191 e. The van der Waals surface area contributed by atoms with Crippen LogP contribution in [0.4, 0.5) is 0 Å². The van der Waals surface area contributed by atoms with Gasteiger partial charge in [0.1, 0.15) is 11.0 Å². The van der Waals surface area contributed by atoms with E-state index < -0.39 is 0 Å². The first-order valence-corrected chi connectivity index (χ1v) is 9.62. The van der Waals surface area contributed by atoms with Gasteiger partial charge in [0.25, 0.3) is 0 Å². The minimum Gasteiger partial charge on any atom is -0.356 e. The van der Waals surface area contributed by atoms with E-state index in [0.29, 0.717) is 11.7 Å². The number of aromatic nitrogens is 3. The lowest BCUT2D eigenvalue weighted by Crippen LogP contribution is -2.37. The van der Waals surface area contributed by atoms with Crippen molar-refractivity contribution in [2.75, 3.05) is 13.6 Å². The van der Waals surface area contributed by atoms with Crippen molar-refractivity contribution in [1.82, 2.24) is 25.2 Å². The SMILES string of the molecule is CN=C(NCCc1ccc(Cl)nc1)NCc1cccc(Cn2ccnc2C)c1. The molecule has 0 saturated carbocycles. The first kappa shape index (κ1) is 19.9. The molecule has 0 fully saturated rings. The molecule has 7 heteroatoms. The van der Waals surface area contributed by atoms with Crippen LogP contribution in [-0.2, 0) is 19.5 Å². The van der Waals surface area contributed by atoms with Crippen molar-refractivity contribution in [3.63, 3.8) is 0 Å². The monoisotopic (exact) mass is 396 g/mol. The number of hydrogen-bond donors (Lipinski definition) is 2. The van der Waals surface area contributed by atoms with Gasteiger partial charge in [0.15, 0.2) is 5.96 Å². The molecule has 3 rings (SSSR count). The molecule has 0 spiro atoms. The van der Waals surface area contributed by atoms with E-state index in [1.165, 1.54) is 11.1 Å². The number of aryl methyl sites for hydroxylation is 1. The van der Waals surface area contributed by atoms with Crippen LogP contribution >= 0.6 is 11.6 Å². The molecule has 0 radical (unpaired) electrons. The highest BCUT2D eigenvalue weighted by Crippen LogP contribution is 2.09. The number of imidazole rings is 1. The van der Waals surface area contributed by atoms with E-state index in [1.807, 2.05) is 31.5 Å². The molecule has 0 aliphatic rings. The van der Waals surface area contributed by atoms with E-state index >= 15 is 0 Å². The molecule has 6 nitrogen and oxygen atoms in total. The van der Waals surface area contributed by atoms with Crippen LogP contribution in [0, 0.1) is 6.92 Å². The largest absolute Gasteiger partial charge is 0.356 e. The Kier molecular flexibility index (Phi) is 7.03. The third kappa shape index (κ3) is 5.82. The van der Waals surface area contributed by atoms with Crippen LogP contribution in [0.5, 0.6) is 0 Å². The quantitative estimate of drug-likeness (QED) is 0.365. The topological polar surface area (TPSA) is 67.1 Å². The van der Waals surface area contributed by atoms with Gasteiger partial charge in [-0.3, -0.25) is 4.99 Å². The smallest absolute Gasteiger partial charge is 0.191 e. The van der Waals surface area contributed by atoms with Gasteiger partial charge in [0.05, 0.1) is 0 Å². The fourth-order valence-electron chi connectivity index (χ4n) is 2.89. The Labute approximate surface area is 170 Å². The molecule has 0 atom stereocenters. The first-order chi connectivity index (χ1) is 13.6. The van der Waals surface area contributed by atoms with Crippen molar-refractivity contribution in [1.29, 1.82) is 0 Å². The molecule has 2 aromatic heterocycles. The Morgan fingerprint density at radius 1 is 1.11 bits per heavy atom. The number of hydrogen-bond acceptors (Lipinski definition) is 3. The highest BCUT2D eigenvalue weighted by atomic mass is 35.5. The fourth-order valence-corrected chi connectivity index (χ4v) is 3.00. The van der Waals surface area contributed by atoms with Crippen LogP contribution in [0.15, 0.2) is 60.0 Å². The summed E-state index contributed by atoms with van der Waals surface area (Å²) < 4.78 is 2.14. The second-order valence-corrected chi connectivity index (χ2v) is 6.90. The van der Waals surface area contributed by atoms with E-state index in [0.717, 1.165) is 36.9 Å². The van der Waals surface area contributed by atoms with Gasteiger partial charge >= 0.3 is 0 Å². The normalized spacial score (nSPS) is 11.5. The van der Waals surface area contributed by atoms with Gasteiger partial charge in [-0.2, -0.15) is 0 Å². The number of nitrogens with one attached hydrogen (secondary N) is 2. The van der Waals surface area contributed by atoms with Crippen LogP contribution in [0.3, 0.4) is 0 Å². The third-order valence-electron chi connectivity index (χ3n) is 4.45. The van der Waals surface area contributed by atoms with E-state index in [1.54, 1.807) is 13.2 Å². The van der Waals surface area contributed by atoms with Gasteiger partial charge in [0, 0.05) is 45.3 Å². The summed E-state index contributed by atoms with van der Waals surface area (Å²) in [6, 6.07) is 12.3. The van der Waals surface area contributed by atoms with Crippen molar-refractivity contribution in [3.8, 4) is 0 Å². The molecule has 0 unspecified atom stereocenters. The Morgan fingerprint density at radius 2 is 1.96 bits per heavy atom. The van der Waals surface area contributed by atoms with E-state index in [9.17, 15) is 0 Å². The van der Waals surface area contributed by atoms with Gasteiger partial charge in [-0.15, -0.1) is 0 Å². The number of nitrogens with zero attached hydrogens (tertiary/aromatic N) is 4. The molecule has 3 aromatic rings. The van der Waals surface area contributed by atoms with Gasteiger partial charge in [-0.05, 0) is 36.1 Å². The first-order valence-electron chi connectivity index (χ1n) is 9.24. The zero-order valence-corrected chi connectivity index (χ0v) is 16.9. The minimum atomic E-state index is 0.514. The minimum absolute atomic E-state index is 0.514. The number of aliphatic imine (C=N–C) groups is 1. The number of pyridine rings is 1. The van der Waals surface area contributed by atoms with Gasteiger partial charge < -0.3 is 15.2 Å². The average Bonchev–Trinajstić information content (AvgIpc) is 3.11. The molecule has 28 heavy (non-hydrogen) atoms. The lowest BCUT2D eigenvalue weighted by molar-refractivity contribution is 0.757. The summed E-state index contributed by atoms with van der Waals surface area (Å²) in [5, 5.41) is 7.20. The molecule has 0 amide bonds. The number of benzene rings is 1. The molecular formula is C21H25ClN6. The highest BCUT2D eigenvalue weighted by molar-refractivity contribution is 6.29. The molecular weight excluding hydrogens is 372 g/mol. The summed E-state index contributed by atoms with van der Waals surface area (Å²) in [5.41, 5.74) is 3.59. The summed E-state index contributed by atoms with van der Waals surface area (Å²) in [6.45, 7) is 4.31. The number of guanidine groups is 1. The Hall–Kier alpha value is -2.86. The number of halogens is 1. The van der Waals surface area contributed by atoms with Crippen LogP contribution in [0.2, 0.25) is 5.15 Å². The third-order valence-corrected chi connectivity index (χ3v) is 4.67. The Bertz CT molecular complexity index is 917. The lowest BCUT2D eigenvalue weighted by Gasteiger charge is -2.13. The highest BCUT2D eigenvalue weighted by Gasteiger charge is 2.02. The zero-order valence-electron chi connectivity index (χ0n) is 16.2. The summed E-state index contributed by atoms with van der Waals surface area (Å²) in [6.07, 6.45) is 6.48. The average molecular weight is 397 g/mol. The van der Waals surface area contributed by atoms with Crippen molar-refractivity contribution < 1.29 is 0 Å². The maximum absolute atomic E-state index is 5.82. The van der Waals surface area contributed by atoms with Crippen LogP contribution < -0.4 is 10.6 Å². The maximum atomic E-state index is 5.82. The summed E-state index contributed by atoms with van der Waals surface area (Å²) in [5.74, 6) is 1.79. The van der Waals surface area contributed by atoms with Crippen molar-refractivity contribution in [3.05, 3.63) is 82.7 Å². The van der Waals surface area contributed by atoms with Gasteiger partial charge in [-0.25, -0.2) is 9.97 Å². The Balaban J connectivity index is 1.48. The van der Waals surface area contributed by atoms with E-state index in [4.69, 9.17) is 11.6 Å². The molecule has 2 heterocycles. The molecule has 0 bridgehead atoms. The summed E-state index contributed by atoms with van der Waals surface area (Å²) in [4.78, 5) is 12.7. The molecule has 2 N–H and O–H groups in total.